The summed E-state index contributed by atoms with van der Waals surface area (Å²) in [5, 5.41) is 0. The first kappa shape index (κ1) is 18.8. The number of fused-ring (bicyclic) bond motifs is 3. The van der Waals surface area contributed by atoms with Gasteiger partial charge in [0.15, 0.2) is 0 Å². The van der Waals surface area contributed by atoms with Gasteiger partial charge in [-0.15, -0.1) is 12.4 Å². The van der Waals surface area contributed by atoms with E-state index in [9.17, 15) is 0 Å². The molecular weight excluding hydrogens is 340 g/mol. The van der Waals surface area contributed by atoms with E-state index in [4.69, 9.17) is 0 Å². The molecule has 0 aliphatic heterocycles. The predicted molar refractivity (Wildman–Crippen MR) is 113 cm³/mol. The normalized spacial score (nSPS) is 12.4. The minimum atomic E-state index is 0. The van der Waals surface area contributed by atoms with Gasteiger partial charge in [0.05, 0.1) is 5.69 Å². The molecule has 0 saturated carbocycles. The average Bonchev–Trinajstić information content (AvgIpc) is 3.01. The number of rotatable bonds is 5. The van der Waals surface area contributed by atoms with Gasteiger partial charge in [-0.3, -0.25) is 0 Å². The number of hydrogen-bond acceptors (Lipinski definition) is 1. The Hall–Kier alpha value is -2.03. The van der Waals surface area contributed by atoms with Crippen molar-refractivity contribution in [1.29, 1.82) is 0 Å². The molecular formula is C23H27ClN2. The molecule has 3 aromatic rings. The van der Waals surface area contributed by atoms with Gasteiger partial charge < -0.3 is 9.47 Å². The number of nitrogens with zero attached hydrogens (tertiary/aromatic N) is 2. The van der Waals surface area contributed by atoms with Crippen LogP contribution in [0.15, 0.2) is 60.7 Å². The number of halogens is 1. The van der Waals surface area contributed by atoms with E-state index in [0.29, 0.717) is 0 Å². The minimum absolute atomic E-state index is 0. The van der Waals surface area contributed by atoms with Crippen molar-refractivity contribution in [3.05, 3.63) is 71.8 Å². The van der Waals surface area contributed by atoms with Gasteiger partial charge >= 0.3 is 0 Å². The van der Waals surface area contributed by atoms with Crippen LogP contribution in [0, 0.1) is 0 Å². The van der Waals surface area contributed by atoms with Crippen molar-refractivity contribution < 1.29 is 0 Å². The van der Waals surface area contributed by atoms with Gasteiger partial charge in [-0.05, 0) is 62.7 Å². The number of hydrogen-bond donors (Lipinski definition) is 0. The highest BCUT2D eigenvalue weighted by atomic mass is 35.5. The predicted octanol–water partition coefficient (Wildman–Crippen LogP) is 5.29. The van der Waals surface area contributed by atoms with Gasteiger partial charge in [0.1, 0.15) is 0 Å². The first-order valence-corrected chi connectivity index (χ1v) is 9.25. The Kier molecular flexibility index (Phi) is 5.85. The smallest absolute Gasteiger partial charge is 0.0520 e. The molecule has 0 amide bonds. The zero-order valence-electron chi connectivity index (χ0n) is 15.6. The Morgan fingerprint density at radius 3 is 2.35 bits per heavy atom. The summed E-state index contributed by atoms with van der Waals surface area (Å²) < 4.78 is 2.56. The zero-order valence-corrected chi connectivity index (χ0v) is 16.4. The van der Waals surface area contributed by atoms with Crippen molar-refractivity contribution in [2.45, 2.75) is 25.8 Å². The van der Waals surface area contributed by atoms with Gasteiger partial charge in [-0.1, -0.05) is 54.6 Å². The monoisotopic (exact) mass is 366 g/mol. The van der Waals surface area contributed by atoms with Gasteiger partial charge in [-0.2, -0.15) is 0 Å². The van der Waals surface area contributed by atoms with Crippen molar-refractivity contribution in [2.75, 3.05) is 20.6 Å². The topological polar surface area (TPSA) is 8.17 Å². The molecule has 0 radical (unpaired) electrons. The van der Waals surface area contributed by atoms with Gasteiger partial charge in [-0.25, -0.2) is 0 Å². The standard InChI is InChI=1S/C23H26N2.ClH/c1-24(2)15-8-16-25-22(19-10-4-3-5-11-19)17-20-14-13-18-9-6-7-12-21(18)23(20)25;/h3-7,9-12,17H,8,13-16H2,1-2H3;1H. The number of aromatic nitrogens is 1. The second kappa shape index (κ2) is 8.11. The molecule has 1 heterocycles. The molecule has 0 bridgehead atoms. The van der Waals surface area contributed by atoms with Crippen molar-refractivity contribution in [3.8, 4) is 22.5 Å². The lowest BCUT2D eigenvalue weighted by atomic mass is 9.90. The lowest BCUT2D eigenvalue weighted by Crippen LogP contribution is -2.16. The second-order valence-electron chi connectivity index (χ2n) is 7.24. The number of aryl methyl sites for hydroxylation is 2. The first-order chi connectivity index (χ1) is 12.2. The Balaban J connectivity index is 0.00000196. The molecule has 0 fully saturated rings. The van der Waals surface area contributed by atoms with Crippen molar-refractivity contribution in [1.82, 2.24) is 9.47 Å². The van der Waals surface area contributed by atoms with Crippen molar-refractivity contribution in [3.63, 3.8) is 0 Å². The zero-order chi connectivity index (χ0) is 17.2. The van der Waals surface area contributed by atoms with Crippen LogP contribution in [-0.2, 0) is 19.4 Å². The highest BCUT2D eigenvalue weighted by Crippen LogP contribution is 2.39. The molecule has 0 unspecified atom stereocenters. The van der Waals surface area contributed by atoms with E-state index < -0.39 is 0 Å². The summed E-state index contributed by atoms with van der Waals surface area (Å²) in [7, 11) is 4.30. The Morgan fingerprint density at radius 1 is 0.885 bits per heavy atom. The minimum Gasteiger partial charge on any atom is -0.340 e. The average molecular weight is 367 g/mol. The van der Waals surface area contributed by atoms with E-state index in [1.165, 1.54) is 33.6 Å². The van der Waals surface area contributed by atoms with Crippen LogP contribution in [0.1, 0.15) is 17.5 Å². The molecule has 0 spiro atoms. The summed E-state index contributed by atoms with van der Waals surface area (Å²) in [6.07, 6.45) is 3.46. The fourth-order valence-corrected chi connectivity index (χ4v) is 3.98. The van der Waals surface area contributed by atoms with Crippen LogP contribution < -0.4 is 0 Å². The van der Waals surface area contributed by atoms with E-state index in [2.05, 4.69) is 84.2 Å². The Morgan fingerprint density at radius 2 is 1.58 bits per heavy atom. The quantitative estimate of drug-likeness (QED) is 0.595. The lowest BCUT2D eigenvalue weighted by molar-refractivity contribution is 0.387. The molecule has 1 aromatic heterocycles. The largest absolute Gasteiger partial charge is 0.340 e. The molecule has 2 aromatic carbocycles. The fraction of sp³-hybridized carbons (Fsp3) is 0.304. The van der Waals surface area contributed by atoms with Crippen LogP contribution >= 0.6 is 12.4 Å². The number of benzene rings is 2. The summed E-state index contributed by atoms with van der Waals surface area (Å²) >= 11 is 0. The second-order valence-corrected chi connectivity index (χ2v) is 7.24. The third-order valence-corrected chi connectivity index (χ3v) is 5.17. The summed E-state index contributed by atoms with van der Waals surface area (Å²) in [4.78, 5) is 2.27. The van der Waals surface area contributed by atoms with Crippen LogP contribution in [0.25, 0.3) is 22.5 Å². The van der Waals surface area contributed by atoms with Crippen molar-refractivity contribution >= 4 is 12.4 Å². The third kappa shape index (κ3) is 3.58. The molecule has 0 saturated heterocycles. The van der Waals surface area contributed by atoms with E-state index in [1.54, 1.807) is 0 Å². The van der Waals surface area contributed by atoms with Crippen LogP contribution in [0.3, 0.4) is 0 Å². The Bertz CT molecular complexity index is 865. The summed E-state index contributed by atoms with van der Waals surface area (Å²) in [6.45, 7) is 2.18. The van der Waals surface area contributed by atoms with Crippen LogP contribution in [0.5, 0.6) is 0 Å². The van der Waals surface area contributed by atoms with Crippen LogP contribution in [0.4, 0.5) is 0 Å². The van der Waals surface area contributed by atoms with E-state index in [-0.39, 0.29) is 12.4 Å². The van der Waals surface area contributed by atoms with Gasteiger partial charge in [0, 0.05) is 17.8 Å². The van der Waals surface area contributed by atoms with Crippen LogP contribution in [0.2, 0.25) is 0 Å². The molecule has 0 N–H and O–H groups in total. The third-order valence-electron chi connectivity index (χ3n) is 5.17. The lowest BCUT2D eigenvalue weighted by Gasteiger charge is -2.21. The molecule has 1 aliphatic carbocycles. The molecule has 136 valence electrons. The molecule has 0 atom stereocenters. The fourth-order valence-electron chi connectivity index (χ4n) is 3.98. The molecule has 1 aliphatic rings. The Labute approximate surface area is 162 Å². The summed E-state index contributed by atoms with van der Waals surface area (Å²) in [5.74, 6) is 0. The van der Waals surface area contributed by atoms with Crippen LogP contribution in [-0.4, -0.2) is 30.1 Å². The highest BCUT2D eigenvalue weighted by molar-refractivity contribution is 5.85. The van der Waals surface area contributed by atoms with E-state index in [0.717, 1.165) is 32.4 Å². The maximum absolute atomic E-state index is 2.56. The maximum Gasteiger partial charge on any atom is 0.0520 e. The molecule has 3 heteroatoms. The van der Waals surface area contributed by atoms with Crippen molar-refractivity contribution in [2.24, 2.45) is 0 Å². The van der Waals surface area contributed by atoms with Gasteiger partial charge in [0.2, 0.25) is 0 Å². The summed E-state index contributed by atoms with van der Waals surface area (Å²) in [5.41, 5.74) is 8.54. The SMILES string of the molecule is CN(C)CCCn1c(-c2ccccc2)cc2c1-c1ccccc1CC2.Cl. The summed E-state index contributed by atoms with van der Waals surface area (Å²) in [6, 6.07) is 22.2. The molecule has 2 nitrogen and oxygen atoms in total. The van der Waals surface area contributed by atoms with E-state index >= 15 is 0 Å². The molecule has 4 rings (SSSR count). The van der Waals surface area contributed by atoms with E-state index in [1.807, 2.05) is 0 Å². The molecule has 26 heavy (non-hydrogen) atoms. The first-order valence-electron chi connectivity index (χ1n) is 9.25. The maximum atomic E-state index is 2.56. The van der Waals surface area contributed by atoms with Gasteiger partial charge in [0.25, 0.3) is 0 Å². The highest BCUT2D eigenvalue weighted by Gasteiger charge is 2.22.